The summed E-state index contributed by atoms with van der Waals surface area (Å²) in [5.41, 5.74) is 2.61. The van der Waals surface area contributed by atoms with Gasteiger partial charge in [0, 0.05) is 20.1 Å². The quantitative estimate of drug-likeness (QED) is 0.494. The number of hydrogen-bond acceptors (Lipinski definition) is 2. The third-order valence-corrected chi connectivity index (χ3v) is 4.48. The molecular formula is C17H11Cl4N3. The van der Waals surface area contributed by atoms with Crippen molar-refractivity contribution >= 4 is 58.1 Å². The number of halogens is 4. The topological polar surface area (TPSA) is 30.7 Å². The minimum absolute atomic E-state index is 0.486. The maximum absolute atomic E-state index is 6.37. The first kappa shape index (κ1) is 17.3. The van der Waals surface area contributed by atoms with Gasteiger partial charge in [0.15, 0.2) is 0 Å². The first-order chi connectivity index (χ1) is 11.5. The van der Waals surface area contributed by atoms with Gasteiger partial charge >= 0.3 is 0 Å². The van der Waals surface area contributed by atoms with Gasteiger partial charge in [0.1, 0.15) is 12.7 Å². The molecule has 0 N–H and O–H groups in total. The van der Waals surface area contributed by atoms with Crippen LogP contribution in [0.25, 0.3) is 11.6 Å². The molecule has 0 fully saturated rings. The zero-order chi connectivity index (χ0) is 17.1. The Morgan fingerprint density at radius 1 is 0.958 bits per heavy atom. The maximum Gasteiger partial charge on any atom is 0.137 e. The maximum atomic E-state index is 6.37. The molecule has 24 heavy (non-hydrogen) atoms. The Kier molecular flexibility index (Phi) is 5.47. The lowest BCUT2D eigenvalue weighted by atomic mass is 10.0. The van der Waals surface area contributed by atoms with Gasteiger partial charge in [-0.2, -0.15) is 5.10 Å². The van der Waals surface area contributed by atoms with Gasteiger partial charge in [-0.05, 0) is 47.0 Å². The highest BCUT2D eigenvalue weighted by molar-refractivity contribution is 6.36. The average molecular weight is 399 g/mol. The molecule has 0 aliphatic carbocycles. The summed E-state index contributed by atoms with van der Waals surface area (Å²) in [4.78, 5) is 3.97. The highest BCUT2D eigenvalue weighted by atomic mass is 35.5. The van der Waals surface area contributed by atoms with Crippen LogP contribution >= 0.6 is 46.4 Å². The molecule has 3 aromatic rings. The predicted molar refractivity (Wildman–Crippen MR) is 101 cm³/mol. The average Bonchev–Trinajstić information content (AvgIpc) is 3.02. The van der Waals surface area contributed by atoms with Crippen molar-refractivity contribution in [2.75, 3.05) is 0 Å². The molecule has 7 heteroatoms. The molecular weight excluding hydrogens is 388 g/mol. The van der Waals surface area contributed by atoms with Gasteiger partial charge in [-0.15, -0.1) is 0 Å². The summed E-state index contributed by atoms with van der Waals surface area (Å²) in [6, 6.07) is 10.7. The van der Waals surface area contributed by atoms with Crippen molar-refractivity contribution in [2.24, 2.45) is 0 Å². The molecule has 0 saturated carbocycles. The summed E-state index contributed by atoms with van der Waals surface area (Å²) in [6.07, 6.45) is 5.08. The Morgan fingerprint density at radius 3 is 2.29 bits per heavy atom. The molecule has 0 bridgehead atoms. The normalized spacial score (nSPS) is 11.8. The smallest absolute Gasteiger partial charge is 0.137 e. The zero-order valence-corrected chi connectivity index (χ0v) is 15.3. The Balaban J connectivity index is 2.08. The molecule has 0 aliphatic heterocycles. The third-order valence-electron chi connectivity index (χ3n) is 3.37. The minimum Gasteiger partial charge on any atom is -0.249 e. The Labute approximate surface area is 159 Å². The van der Waals surface area contributed by atoms with E-state index >= 15 is 0 Å². The van der Waals surface area contributed by atoms with Crippen LogP contribution in [0.3, 0.4) is 0 Å². The molecule has 0 radical (unpaired) electrons. The van der Waals surface area contributed by atoms with Gasteiger partial charge in [0.05, 0.1) is 6.54 Å². The monoisotopic (exact) mass is 397 g/mol. The highest BCUT2D eigenvalue weighted by Gasteiger charge is 2.10. The zero-order valence-electron chi connectivity index (χ0n) is 12.3. The first-order valence-corrected chi connectivity index (χ1v) is 8.47. The van der Waals surface area contributed by atoms with Gasteiger partial charge in [0.25, 0.3) is 0 Å². The van der Waals surface area contributed by atoms with E-state index in [1.165, 1.54) is 6.33 Å². The van der Waals surface area contributed by atoms with Crippen LogP contribution in [-0.2, 0) is 6.54 Å². The lowest BCUT2D eigenvalue weighted by Gasteiger charge is -2.11. The summed E-state index contributed by atoms with van der Waals surface area (Å²) < 4.78 is 1.71. The van der Waals surface area contributed by atoms with E-state index in [9.17, 15) is 0 Å². The second-order valence-electron chi connectivity index (χ2n) is 5.05. The van der Waals surface area contributed by atoms with Crippen LogP contribution in [0.1, 0.15) is 11.1 Å². The number of hydrogen-bond donors (Lipinski definition) is 0. The van der Waals surface area contributed by atoms with Gasteiger partial charge in [0.2, 0.25) is 0 Å². The van der Waals surface area contributed by atoms with Crippen LogP contribution < -0.4 is 0 Å². The fourth-order valence-electron chi connectivity index (χ4n) is 2.25. The van der Waals surface area contributed by atoms with Crippen molar-refractivity contribution in [1.82, 2.24) is 14.8 Å². The summed E-state index contributed by atoms with van der Waals surface area (Å²) >= 11 is 24.6. The Hall–Kier alpha value is -1.52. The largest absolute Gasteiger partial charge is 0.249 e. The van der Waals surface area contributed by atoms with Crippen LogP contribution in [0.5, 0.6) is 0 Å². The van der Waals surface area contributed by atoms with E-state index in [1.54, 1.807) is 35.3 Å². The summed E-state index contributed by atoms with van der Waals surface area (Å²) in [6.45, 7) is 0.486. The lowest BCUT2D eigenvalue weighted by molar-refractivity contribution is 0.711. The molecule has 1 heterocycles. The second-order valence-corrected chi connectivity index (χ2v) is 6.74. The molecule has 3 nitrogen and oxygen atoms in total. The van der Waals surface area contributed by atoms with Crippen molar-refractivity contribution < 1.29 is 0 Å². The molecule has 3 rings (SSSR count). The number of aromatic nitrogens is 3. The van der Waals surface area contributed by atoms with E-state index in [4.69, 9.17) is 46.4 Å². The number of benzene rings is 2. The second kappa shape index (κ2) is 7.58. The minimum atomic E-state index is 0.486. The molecule has 0 amide bonds. The third kappa shape index (κ3) is 4.11. The van der Waals surface area contributed by atoms with Gasteiger partial charge in [-0.1, -0.05) is 58.5 Å². The standard InChI is InChI=1S/C17H11Cl4N3/c18-13-2-1-11(16(20)6-13)5-12(8-24-10-22-9-23-24)15-4-3-14(19)7-17(15)21/h1-7,9-10H,8H2/b12-5-. The molecule has 0 saturated heterocycles. The summed E-state index contributed by atoms with van der Waals surface area (Å²) in [5.74, 6) is 0. The fraction of sp³-hybridized carbons (Fsp3) is 0.0588. The van der Waals surface area contributed by atoms with E-state index in [0.29, 0.717) is 26.6 Å². The van der Waals surface area contributed by atoms with Gasteiger partial charge in [-0.25, -0.2) is 9.67 Å². The lowest BCUT2D eigenvalue weighted by Crippen LogP contribution is -2.02. The first-order valence-electron chi connectivity index (χ1n) is 6.96. The van der Waals surface area contributed by atoms with E-state index in [-0.39, 0.29) is 0 Å². The number of rotatable bonds is 4. The SMILES string of the molecule is Clc1ccc(/C=C(/Cn2cncn2)c2ccc(Cl)cc2Cl)c(Cl)c1. The van der Waals surface area contributed by atoms with Gasteiger partial charge < -0.3 is 0 Å². The molecule has 1 aromatic heterocycles. The van der Waals surface area contributed by atoms with Crippen LogP contribution in [0.4, 0.5) is 0 Å². The van der Waals surface area contributed by atoms with E-state index < -0.39 is 0 Å². The van der Waals surface area contributed by atoms with Crippen LogP contribution in [0, 0.1) is 0 Å². The Bertz CT molecular complexity index is 889. The van der Waals surface area contributed by atoms with Crippen LogP contribution in [0.2, 0.25) is 20.1 Å². The molecule has 0 unspecified atom stereocenters. The predicted octanol–water partition coefficient (Wildman–Crippen LogP) is 6.13. The van der Waals surface area contributed by atoms with E-state index in [0.717, 1.165) is 16.7 Å². The van der Waals surface area contributed by atoms with E-state index in [1.807, 2.05) is 18.2 Å². The number of allylic oxidation sites excluding steroid dienone is 1. The molecule has 0 atom stereocenters. The van der Waals surface area contributed by atoms with Crippen LogP contribution in [0.15, 0.2) is 49.1 Å². The van der Waals surface area contributed by atoms with Gasteiger partial charge in [-0.3, -0.25) is 0 Å². The molecule has 0 aliphatic rings. The molecule has 0 spiro atoms. The van der Waals surface area contributed by atoms with E-state index in [2.05, 4.69) is 10.1 Å². The fourth-order valence-corrected chi connectivity index (χ4v) is 3.25. The highest BCUT2D eigenvalue weighted by Crippen LogP contribution is 2.31. The molecule has 122 valence electrons. The van der Waals surface area contributed by atoms with Crippen molar-refractivity contribution in [3.63, 3.8) is 0 Å². The van der Waals surface area contributed by atoms with Crippen molar-refractivity contribution in [2.45, 2.75) is 6.54 Å². The summed E-state index contributed by atoms with van der Waals surface area (Å²) in [5, 5.41) is 6.42. The van der Waals surface area contributed by atoms with Crippen molar-refractivity contribution in [3.05, 3.63) is 80.3 Å². The van der Waals surface area contributed by atoms with Crippen molar-refractivity contribution in [1.29, 1.82) is 0 Å². The van der Waals surface area contributed by atoms with Crippen LogP contribution in [-0.4, -0.2) is 14.8 Å². The summed E-state index contributed by atoms with van der Waals surface area (Å²) in [7, 11) is 0. The Morgan fingerprint density at radius 2 is 1.67 bits per heavy atom. The molecule has 2 aromatic carbocycles. The van der Waals surface area contributed by atoms with Crippen molar-refractivity contribution in [3.8, 4) is 0 Å². The number of nitrogens with zero attached hydrogens (tertiary/aromatic N) is 3.